The van der Waals surface area contributed by atoms with Crippen molar-refractivity contribution in [2.24, 2.45) is 5.92 Å². The summed E-state index contributed by atoms with van der Waals surface area (Å²) < 4.78 is 28.8. The largest absolute Gasteiger partial charge is 0.394 e. The van der Waals surface area contributed by atoms with Gasteiger partial charge in [-0.2, -0.15) is 0 Å². The van der Waals surface area contributed by atoms with Gasteiger partial charge < -0.3 is 5.11 Å². The van der Waals surface area contributed by atoms with Crippen molar-refractivity contribution >= 4 is 37.3 Å². The Kier molecular flexibility index (Phi) is 4.96. The topological polar surface area (TPSA) is 66.4 Å². The third-order valence-electron chi connectivity index (χ3n) is 3.98. The highest BCUT2D eigenvalue weighted by Crippen LogP contribution is 2.35. The Balaban J connectivity index is 2.22. The first-order valence-electron chi connectivity index (χ1n) is 6.69. The van der Waals surface area contributed by atoms with Crippen LogP contribution in [-0.2, 0) is 10.0 Å². The van der Waals surface area contributed by atoms with Crippen molar-refractivity contribution in [1.29, 1.82) is 0 Å². The minimum atomic E-state index is -3.57. The lowest BCUT2D eigenvalue weighted by Gasteiger charge is -2.38. The molecule has 2 N–H and O–H groups in total. The number of aryl methyl sites for hydroxylation is 1. The zero-order valence-corrected chi connectivity index (χ0v) is 14.9. The van der Waals surface area contributed by atoms with Gasteiger partial charge in [0.15, 0.2) is 0 Å². The molecule has 2 rings (SSSR count). The van der Waals surface area contributed by atoms with E-state index in [1.54, 1.807) is 6.07 Å². The van der Waals surface area contributed by atoms with Gasteiger partial charge in [-0.15, -0.1) is 11.3 Å². The Morgan fingerprint density at radius 1 is 1.50 bits per heavy atom. The van der Waals surface area contributed by atoms with Crippen LogP contribution >= 0.6 is 27.3 Å². The maximum atomic E-state index is 12.5. The van der Waals surface area contributed by atoms with E-state index in [1.165, 1.54) is 11.3 Å². The fraction of sp³-hybridized carbons (Fsp3) is 0.692. The van der Waals surface area contributed by atoms with Gasteiger partial charge in [-0.25, -0.2) is 13.1 Å². The first-order valence-corrected chi connectivity index (χ1v) is 9.78. The van der Waals surface area contributed by atoms with E-state index in [2.05, 4.69) is 27.6 Å². The van der Waals surface area contributed by atoms with Gasteiger partial charge in [0.1, 0.15) is 4.21 Å². The molecule has 1 fully saturated rings. The number of hydrogen-bond acceptors (Lipinski definition) is 4. The number of hydrogen-bond donors (Lipinski definition) is 2. The van der Waals surface area contributed by atoms with Gasteiger partial charge in [-0.3, -0.25) is 0 Å². The van der Waals surface area contributed by atoms with E-state index in [0.717, 1.165) is 22.2 Å². The molecule has 0 amide bonds. The highest BCUT2D eigenvalue weighted by atomic mass is 79.9. The number of sulfonamides is 1. The predicted molar refractivity (Wildman–Crippen MR) is 84.5 cm³/mol. The van der Waals surface area contributed by atoms with Crippen molar-refractivity contribution in [2.45, 2.75) is 49.3 Å². The van der Waals surface area contributed by atoms with Gasteiger partial charge in [-0.1, -0.05) is 6.92 Å². The summed E-state index contributed by atoms with van der Waals surface area (Å²) in [6.45, 7) is 3.88. The molecule has 0 aromatic carbocycles. The van der Waals surface area contributed by atoms with Gasteiger partial charge in [-0.05, 0) is 66.1 Å². The first-order chi connectivity index (χ1) is 9.28. The smallest absolute Gasteiger partial charge is 0.250 e. The van der Waals surface area contributed by atoms with Crippen molar-refractivity contribution in [2.75, 3.05) is 6.61 Å². The molecule has 0 aliphatic heterocycles. The zero-order chi connectivity index (χ0) is 15.0. The Morgan fingerprint density at radius 3 is 2.55 bits per heavy atom. The standard InChI is InChI=1S/C13H20BrNO3S2/c1-9-3-5-13(8-16,6-4-9)15-20(17,18)11-7-10(2)12(14)19-11/h7,9,15-16H,3-6,8H2,1-2H3. The molecule has 1 aliphatic rings. The number of rotatable bonds is 4. The molecule has 0 saturated heterocycles. The molecule has 1 heterocycles. The molecule has 0 atom stereocenters. The molecule has 20 heavy (non-hydrogen) atoms. The fourth-order valence-corrected chi connectivity index (χ4v) is 6.18. The summed E-state index contributed by atoms with van der Waals surface area (Å²) >= 11 is 4.55. The quantitative estimate of drug-likeness (QED) is 0.841. The number of halogens is 1. The SMILES string of the molecule is Cc1cc(S(=O)(=O)NC2(CO)CCC(C)CC2)sc1Br. The van der Waals surface area contributed by atoms with Crippen LogP contribution in [0.15, 0.2) is 14.1 Å². The molecule has 0 spiro atoms. The number of nitrogens with one attached hydrogen (secondary N) is 1. The molecule has 0 bridgehead atoms. The van der Waals surface area contributed by atoms with Crippen LogP contribution in [0.5, 0.6) is 0 Å². The molecule has 0 radical (unpaired) electrons. The molecular weight excluding hydrogens is 362 g/mol. The highest BCUT2D eigenvalue weighted by molar-refractivity contribution is 9.11. The van der Waals surface area contributed by atoms with E-state index in [4.69, 9.17) is 0 Å². The van der Waals surface area contributed by atoms with E-state index in [9.17, 15) is 13.5 Å². The van der Waals surface area contributed by atoms with Gasteiger partial charge >= 0.3 is 0 Å². The van der Waals surface area contributed by atoms with E-state index < -0.39 is 15.6 Å². The van der Waals surface area contributed by atoms with Crippen molar-refractivity contribution in [3.8, 4) is 0 Å². The summed E-state index contributed by atoms with van der Waals surface area (Å²) in [4.78, 5) is 0. The van der Waals surface area contributed by atoms with Crippen LogP contribution in [0, 0.1) is 12.8 Å². The lowest BCUT2D eigenvalue weighted by molar-refractivity contribution is 0.125. The molecule has 0 unspecified atom stereocenters. The second-order valence-corrected chi connectivity index (χ2v) is 10.0. The maximum absolute atomic E-state index is 12.5. The lowest BCUT2D eigenvalue weighted by atomic mass is 9.78. The fourth-order valence-electron chi connectivity index (χ4n) is 2.51. The normalized spacial score (nSPS) is 27.7. The van der Waals surface area contributed by atoms with E-state index in [1.807, 2.05) is 6.92 Å². The van der Waals surface area contributed by atoms with Gasteiger partial charge in [0.05, 0.1) is 15.9 Å². The van der Waals surface area contributed by atoms with Gasteiger partial charge in [0.25, 0.3) is 10.0 Å². The number of aliphatic hydroxyl groups is 1. The summed E-state index contributed by atoms with van der Waals surface area (Å²) in [6.07, 6.45) is 3.26. The Labute approximate surface area is 132 Å². The summed E-state index contributed by atoms with van der Waals surface area (Å²) in [5.41, 5.74) is 0.209. The summed E-state index contributed by atoms with van der Waals surface area (Å²) in [5, 5.41) is 9.67. The monoisotopic (exact) mass is 381 g/mol. The third kappa shape index (κ3) is 3.44. The number of aliphatic hydroxyl groups excluding tert-OH is 1. The molecule has 1 aromatic rings. The minimum absolute atomic E-state index is 0.148. The van der Waals surface area contributed by atoms with Crippen molar-refractivity contribution in [3.63, 3.8) is 0 Å². The van der Waals surface area contributed by atoms with E-state index in [0.29, 0.717) is 23.0 Å². The molecular formula is C13H20BrNO3S2. The molecule has 1 aromatic heterocycles. The lowest BCUT2D eigenvalue weighted by Crippen LogP contribution is -2.53. The van der Waals surface area contributed by atoms with Crippen molar-refractivity contribution < 1.29 is 13.5 Å². The van der Waals surface area contributed by atoms with Crippen LogP contribution in [0.1, 0.15) is 38.2 Å². The zero-order valence-electron chi connectivity index (χ0n) is 11.6. The third-order valence-corrected chi connectivity index (χ3v) is 8.17. The second-order valence-electron chi connectivity index (χ2n) is 5.75. The van der Waals surface area contributed by atoms with Crippen LogP contribution in [-0.4, -0.2) is 25.7 Å². The minimum Gasteiger partial charge on any atom is -0.394 e. The average Bonchev–Trinajstić information content (AvgIpc) is 2.74. The van der Waals surface area contributed by atoms with Crippen molar-refractivity contribution in [1.82, 2.24) is 4.72 Å². The Bertz CT molecular complexity index is 555. The summed E-state index contributed by atoms with van der Waals surface area (Å²) in [5.74, 6) is 0.595. The summed E-state index contributed by atoms with van der Waals surface area (Å²) in [6, 6.07) is 1.66. The van der Waals surface area contributed by atoms with Crippen LogP contribution < -0.4 is 4.72 Å². The van der Waals surface area contributed by atoms with E-state index in [-0.39, 0.29) is 6.61 Å². The predicted octanol–water partition coefficient (Wildman–Crippen LogP) is 3.04. The first kappa shape index (κ1) is 16.4. The molecule has 7 heteroatoms. The van der Waals surface area contributed by atoms with E-state index >= 15 is 0 Å². The van der Waals surface area contributed by atoms with Gasteiger partial charge in [0, 0.05) is 0 Å². The Morgan fingerprint density at radius 2 is 2.10 bits per heavy atom. The number of thiophene rings is 1. The molecule has 1 saturated carbocycles. The van der Waals surface area contributed by atoms with Crippen LogP contribution in [0.3, 0.4) is 0 Å². The maximum Gasteiger partial charge on any atom is 0.250 e. The Hall–Kier alpha value is 0.0500. The van der Waals surface area contributed by atoms with Crippen molar-refractivity contribution in [3.05, 3.63) is 15.4 Å². The molecule has 4 nitrogen and oxygen atoms in total. The molecule has 1 aliphatic carbocycles. The average molecular weight is 382 g/mol. The summed E-state index contributed by atoms with van der Waals surface area (Å²) in [7, 11) is -3.57. The van der Waals surface area contributed by atoms with Crippen LogP contribution in [0.2, 0.25) is 0 Å². The van der Waals surface area contributed by atoms with Crippen LogP contribution in [0.25, 0.3) is 0 Å². The second kappa shape index (κ2) is 6.04. The highest BCUT2D eigenvalue weighted by Gasteiger charge is 2.38. The van der Waals surface area contributed by atoms with Crippen LogP contribution in [0.4, 0.5) is 0 Å². The van der Waals surface area contributed by atoms with Gasteiger partial charge in [0.2, 0.25) is 0 Å². The molecule has 114 valence electrons.